The highest BCUT2D eigenvalue weighted by molar-refractivity contribution is 6.48. The van der Waals surface area contributed by atoms with Crippen molar-refractivity contribution in [1.29, 1.82) is 0 Å². The maximum atomic E-state index is 15.0. The Kier molecular flexibility index (Phi) is 10.6. The number of rotatable bonds is 7. The van der Waals surface area contributed by atoms with E-state index < -0.39 is 87.0 Å². The summed E-state index contributed by atoms with van der Waals surface area (Å²) in [6.45, 7) is -0.781. The molecule has 0 radical (unpaired) electrons. The van der Waals surface area contributed by atoms with E-state index in [1.807, 2.05) is 5.32 Å². The molecular weight excluding hydrogens is 645 g/mol. The quantitative estimate of drug-likeness (QED) is 0.239. The largest absolute Gasteiger partial charge is 0.417 e. The van der Waals surface area contributed by atoms with Crippen LogP contribution in [0.25, 0.3) is 5.83 Å². The van der Waals surface area contributed by atoms with Crippen LogP contribution in [0.1, 0.15) is 39.9 Å². The van der Waals surface area contributed by atoms with Gasteiger partial charge in [-0.05, 0) is 42.8 Å². The predicted molar refractivity (Wildman–Crippen MR) is 131 cm³/mol. The number of allylic oxidation sites excluding steroid dienone is 1. The van der Waals surface area contributed by atoms with Crippen molar-refractivity contribution >= 4 is 52.4 Å². The molecule has 2 rings (SSSR count). The van der Waals surface area contributed by atoms with Crippen LogP contribution in [0.2, 0.25) is 15.1 Å². The van der Waals surface area contributed by atoms with Crippen LogP contribution in [0, 0.1) is 0 Å². The van der Waals surface area contributed by atoms with E-state index in [-0.39, 0.29) is 22.1 Å². The van der Waals surface area contributed by atoms with Crippen molar-refractivity contribution in [2.24, 2.45) is 0 Å². The third-order valence-electron chi connectivity index (χ3n) is 5.39. The zero-order valence-corrected chi connectivity index (χ0v) is 22.8. The van der Waals surface area contributed by atoms with Gasteiger partial charge in [0.2, 0.25) is 5.91 Å². The standard InChI is InChI=1S/C24H17Cl3F10N2O2/c1-10(21(41)39(2)9-22(29,30)31)38-20(40)13-4-3-11(5-15(13)24(35,36)37)18(28)8-14(23(32,33)34)12-6-16(25)19(27)17(26)7-12/h3-8,10,14H,9H2,1-2H3,(H,38,40)/b18-8-. The molecule has 2 amide bonds. The molecule has 2 aromatic carbocycles. The van der Waals surface area contributed by atoms with Gasteiger partial charge in [-0.2, -0.15) is 39.5 Å². The Balaban J connectivity index is 2.47. The minimum Gasteiger partial charge on any atom is -0.341 e. The summed E-state index contributed by atoms with van der Waals surface area (Å²) in [7, 11) is 0.754. The second-order valence-electron chi connectivity index (χ2n) is 8.60. The van der Waals surface area contributed by atoms with Gasteiger partial charge in [-0.25, -0.2) is 4.39 Å². The van der Waals surface area contributed by atoms with Gasteiger partial charge in [-0.1, -0.05) is 40.9 Å². The minimum atomic E-state index is -5.34. The van der Waals surface area contributed by atoms with Crippen molar-refractivity contribution in [3.8, 4) is 0 Å². The van der Waals surface area contributed by atoms with Gasteiger partial charge in [0.25, 0.3) is 5.91 Å². The SMILES string of the molecule is CC(NC(=O)c1ccc(/C(F)=C/C(c2cc(Cl)c(Cl)c(Cl)c2)C(F)(F)F)cc1C(F)(F)F)C(=O)N(C)CC(F)(F)F. The van der Waals surface area contributed by atoms with Gasteiger partial charge in [0.1, 0.15) is 24.3 Å². The summed E-state index contributed by atoms with van der Waals surface area (Å²) in [4.78, 5) is 24.8. The molecule has 0 fully saturated rings. The number of nitrogens with one attached hydrogen (secondary N) is 1. The normalized spacial score (nSPS) is 14.5. The summed E-state index contributed by atoms with van der Waals surface area (Å²) in [5.74, 6) is -7.33. The summed E-state index contributed by atoms with van der Waals surface area (Å²) in [6.07, 6.45) is -15.3. The summed E-state index contributed by atoms with van der Waals surface area (Å²) < 4.78 is 135. The van der Waals surface area contributed by atoms with E-state index in [1.54, 1.807) is 0 Å². The van der Waals surface area contributed by atoms with Gasteiger partial charge in [0.05, 0.1) is 26.2 Å². The van der Waals surface area contributed by atoms with Gasteiger partial charge in [0.15, 0.2) is 0 Å². The van der Waals surface area contributed by atoms with E-state index in [2.05, 4.69) is 0 Å². The van der Waals surface area contributed by atoms with E-state index >= 15 is 0 Å². The molecule has 0 aliphatic carbocycles. The van der Waals surface area contributed by atoms with Gasteiger partial charge in [-0.15, -0.1) is 0 Å². The Morgan fingerprint density at radius 1 is 0.951 bits per heavy atom. The number of hydrogen-bond acceptors (Lipinski definition) is 2. The Morgan fingerprint density at radius 3 is 1.95 bits per heavy atom. The number of alkyl halides is 9. The number of carbonyl (C=O) groups is 2. The first-order valence-corrected chi connectivity index (χ1v) is 12.1. The molecule has 4 nitrogen and oxygen atoms in total. The Morgan fingerprint density at radius 2 is 1.49 bits per heavy atom. The van der Waals surface area contributed by atoms with Gasteiger partial charge in [0, 0.05) is 12.6 Å². The zero-order valence-electron chi connectivity index (χ0n) is 20.5. The number of amides is 2. The fourth-order valence-electron chi connectivity index (χ4n) is 3.52. The molecule has 0 heterocycles. The molecular formula is C24H17Cl3F10N2O2. The highest BCUT2D eigenvalue weighted by Gasteiger charge is 2.41. The lowest BCUT2D eigenvalue weighted by atomic mass is 9.95. The molecule has 2 unspecified atom stereocenters. The molecule has 2 atom stereocenters. The van der Waals surface area contributed by atoms with Crippen LogP contribution in [0.15, 0.2) is 36.4 Å². The molecule has 0 aliphatic heterocycles. The maximum Gasteiger partial charge on any atom is 0.417 e. The molecule has 17 heteroatoms. The summed E-state index contributed by atoms with van der Waals surface area (Å²) in [5.41, 5.74) is -4.63. The number of benzene rings is 2. The van der Waals surface area contributed by atoms with Crippen LogP contribution in [-0.2, 0) is 11.0 Å². The van der Waals surface area contributed by atoms with Crippen LogP contribution >= 0.6 is 34.8 Å². The third kappa shape index (κ3) is 9.14. The van der Waals surface area contributed by atoms with Crippen LogP contribution in [0.4, 0.5) is 43.9 Å². The van der Waals surface area contributed by atoms with Crippen molar-refractivity contribution in [3.63, 3.8) is 0 Å². The van der Waals surface area contributed by atoms with Crippen LogP contribution in [-0.4, -0.2) is 48.7 Å². The van der Waals surface area contributed by atoms with Crippen molar-refractivity contribution in [3.05, 3.63) is 73.7 Å². The van der Waals surface area contributed by atoms with Crippen molar-refractivity contribution < 1.29 is 53.5 Å². The molecule has 1 N–H and O–H groups in total. The second-order valence-corrected chi connectivity index (χ2v) is 9.79. The van der Waals surface area contributed by atoms with Crippen molar-refractivity contribution in [1.82, 2.24) is 10.2 Å². The fourth-order valence-corrected chi connectivity index (χ4v) is 4.13. The summed E-state index contributed by atoms with van der Waals surface area (Å²) in [6, 6.07) is 0.877. The van der Waals surface area contributed by atoms with E-state index in [0.29, 0.717) is 12.1 Å². The molecule has 0 aliphatic rings. The monoisotopic (exact) mass is 660 g/mol. The van der Waals surface area contributed by atoms with Gasteiger partial charge in [-0.3, -0.25) is 9.59 Å². The average molecular weight is 662 g/mol. The van der Waals surface area contributed by atoms with E-state index in [9.17, 15) is 53.5 Å². The van der Waals surface area contributed by atoms with Crippen LogP contribution in [0.5, 0.6) is 0 Å². The van der Waals surface area contributed by atoms with E-state index in [0.717, 1.165) is 26.1 Å². The Bertz CT molecular complexity index is 1320. The second kappa shape index (κ2) is 12.7. The molecule has 41 heavy (non-hydrogen) atoms. The smallest absolute Gasteiger partial charge is 0.341 e. The lowest BCUT2D eigenvalue weighted by Gasteiger charge is -2.23. The highest BCUT2D eigenvalue weighted by Crippen LogP contribution is 2.42. The molecule has 0 spiro atoms. The number of hydrogen-bond donors (Lipinski definition) is 1. The molecule has 0 bridgehead atoms. The van der Waals surface area contributed by atoms with E-state index in [4.69, 9.17) is 34.8 Å². The van der Waals surface area contributed by atoms with Crippen LogP contribution < -0.4 is 5.32 Å². The molecule has 0 aromatic heterocycles. The summed E-state index contributed by atoms with van der Waals surface area (Å²) in [5, 5.41) is 0.741. The number of nitrogens with zero attached hydrogens (tertiary/aromatic N) is 1. The lowest BCUT2D eigenvalue weighted by Crippen LogP contribution is -2.48. The third-order valence-corrected chi connectivity index (χ3v) is 6.58. The first-order chi connectivity index (χ1) is 18.5. The number of halogens is 13. The van der Waals surface area contributed by atoms with E-state index in [1.165, 1.54) is 0 Å². The zero-order chi connectivity index (χ0) is 31.7. The van der Waals surface area contributed by atoms with Gasteiger partial charge < -0.3 is 10.2 Å². The first-order valence-electron chi connectivity index (χ1n) is 11.0. The minimum absolute atomic E-state index is 0.0254. The van der Waals surface area contributed by atoms with Crippen molar-refractivity contribution in [2.75, 3.05) is 13.6 Å². The predicted octanol–water partition coefficient (Wildman–Crippen LogP) is 8.46. The molecule has 0 saturated heterocycles. The average Bonchev–Trinajstić information content (AvgIpc) is 2.82. The molecule has 226 valence electrons. The Hall–Kier alpha value is -2.71. The molecule has 0 saturated carbocycles. The maximum absolute atomic E-state index is 15.0. The van der Waals surface area contributed by atoms with Gasteiger partial charge >= 0.3 is 18.5 Å². The fraction of sp³-hybridized carbons (Fsp3) is 0.333. The first kappa shape index (κ1) is 34.5. The van der Waals surface area contributed by atoms with Crippen LogP contribution in [0.3, 0.4) is 0 Å². The number of likely N-dealkylation sites (N-methyl/N-ethyl adjacent to an activating group) is 1. The lowest BCUT2D eigenvalue weighted by molar-refractivity contribution is -0.159. The highest BCUT2D eigenvalue weighted by atomic mass is 35.5. The van der Waals surface area contributed by atoms with Crippen molar-refractivity contribution in [2.45, 2.75) is 37.4 Å². The number of carbonyl (C=O) groups excluding carboxylic acids is 2. The topological polar surface area (TPSA) is 49.4 Å². The Labute approximate surface area is 240 Å². The molecule has 2 aromatic rings. The summed E-state index contributed by atoms with van der Waals surface area (Å²) >= 11 is 17.2.